The first-order valence-electron chi connectivity index (χ1n) is 9.38. The lowest BCUT2D eigenvalue weighted by Gasteiger charge is -2.24. The number of benzene rings is 2. The molecule has 180 valence electrons. The summed E-state index contributed by atoms with van der Waals surface area (Å²) in [6.07, 6.45) is -4.20. The first-order chi connectivity index (χ1) is 15.3. The van der Waals surface area contributed by atoms with Crippen molar-refractivity contribution in [3.63, 3.8) is 0 Å². The van der Waals surface area contributed by atoms with Gasteiger partial charge in [0.05, 0.1) is 23.9 Å². The number of aliphatic hydroxyl groups is 1. The number of sulfonamides is 1. The molecule has 4 N–H and O–H groups in total. The lowest BCUT2D eigenvalue weighted by atomic mass is 10.1. The van der Waals surface area contributed by atoms with E-state index < -0.39 is 68.3 Å². The lowest BCUT2D eigenvalue weighted by Crippen LogP contribution is -2.37. The SMILES string of the molecule is O=C(c1cc(OC(F)(F)F)cc(NS(=O)(=O)c2cc(Br)ccc2O)c1O)N1CCC[C@@H]1CO. The molecule has 0 saturated carbocycles. The summed E-state index contributed by atoms with van der Waals surface area (Å²) in [5.41, 5.74) is -1.44. The number of amides is 1. The Bertz CT molecular complexity index is 1170. The van der Waals surface area contributed by atoms with Crippen LogP contribution in [0.5, 0.6) is 17.2 Å². The zero-order valence-corrected chi connectivity index (χ0v) is 19.0. The Morgan fingerprint density at radius 2 is 1.94 bits per heavy atom. The normalized spacial score (nSPS) is 16.6. The van der Waals surface area contributed by atoms with Crippen molar-refractivity contribution in [3.05, 3.63) is 40.4 Å². The van der Waals surface area contributed by atoms with Gasteiger partial charge in [-0.2, -0.15) is 0 Å². The fraction of sp³-hybridized carbons (Fsp3) is 0.316. The van der Waals surface area contributed by atoms with Crippen LogP contribution in [0.2, 0.25) is 0 Å². The summed E-state index contributed by atoms with van der Waals surface area (Å²) in [4.78, 5) is 13.5. The number of nitrogens with one attached hydrogen (secondary N) is 1. The zero-order chi connectivity index (χ0) is 24.6. The Labute approximate surface area is 194 Å². The van der Waals surface area contributed by atoms with Gasteiger partial charge < -0.3 is 25.0 Å². The average molecular weight is 555 g/mol. The predicted octanol–water partition coefficient (Wildman–Crippen LogP) is 3.16. The molecule has 2 aromatic rings. The Hall–Kier alpha value is -2.71. The number of nitrogens with zero attached hydrogens (tertiary/aromatic N) is 1. The fourth-order valence-corrected chi connectivity index (χ4v) is 5.09. The largest absolute Gasteiger partial charge is 0.573 e. The van der Waals surface area contributed by atoms with E-state index in [9.17, 15) is 41.7 Å². The maximum absolute atomic E-state index is 12.9. The Balaban J connectivity index is 2.08. The molecule has 0 spiro atoms. The number of phenolic OH excluding ortho intramolecular Hbond substituents is 2. The molecule has 1 heterocycles. The highest BCUT2D eigenvalue weighted by molar-refractivity contribution is 9.10. The molecule has 1 aliphatic heterocycles. The minimum Gasteiger partial charge on any atom is -0.507 e. The monoisotopic (exact) mass is 554 g/mol. The van der Waals surface area contributed by atoms with Crippen LogP contribution in [-0.2, 0) is 10.0 Å². The average Bonchev–Trinajstić information content (AvgIpc) is 3.19. The molecule has 1 saturated heterocycles. The van der Waals surface area contributed by atoms with Gasteiger partial charge in [0.25, 0.3) is 15.9 Å². The molecular formula is C19H18BrF3N2O7S. The van der Waals surface area contributed by atoms with Crippen molar-refractivity contribution in [3.8, 4) is 17.2 Å². The Morgan fingerprint density at radius 1 is 1.24 bits per heavy atom. The number of carbonyl (C=O) groups excluding carboxylic acids is 1. The van der Waals surface area contributed by atoms with E-state index in [0.717, 1.165) is 12.1 Å². The smallest absolute Gasteiger partial charge is 0.507 e. The number of ether oxygens (including phenoxy) is 1. The second-order valence-corrected chi connectivity index (χ2v) is 9.68. The summed E-state index contributed by atoms with van der Waals surface area (Å²) < 4.78 is 70.0. The van der Waals surface area contributed by atoms with Gasteiger partial charge in [0.1, 0.15) is 16.4 Å². The molecule has 1 aliphatic rings. The van der Waals surface area contributed by atoms with Crippen molar-refractivity contribution in [2.45, 2.75) is 30.1 Å². The molecule has 2 aromatic carbocycles. The molecule has 9 nitrogen and oxygen atoms in total. The molecule has 0 unspecified atom stereocenters. The van der Waals surface area contributed by atoms with Gasteiger partial charge in [0.2, 0.25) is 0 Å². The van der Waals surface area contributed by atoms with Crippen molar-refractivity contribution in [2.24, 2.45) is 0 Å². The summed E-state index contributed by atoms with van der Waals surface area (Å²) in [6, 6.07) is 4.04. The van der Waals surface area contributed by atoms with Crippen LogP contribution < -0.4 is 9.46 Å². The number of likely N-dealkylation sites (tertiary alicyclic amines) is 1. The van der Waals surface area contributed by atoms with E-state index in [-0.39, 0.29) is 11.0 Å². The second-order valence-electron chi connectivity index (χ2n) is 7.11. The van der Waals surface area contributed by atoms with Gasteiger partial charge in [0.15, 0.2) is 5.75 Å². The summed E-state index contributed by atoms with van der Waals surface area (Å²) in [5, 5.41) is 29.9. The molecule has 0 aromatic heterocycles. The van der Waals surface area contributed by atoms with Crippen LogP contribution in [0, 0.1) is 0 Å². The van der Waals surface area contributed by atoms with Crippen LogP contribution in [0.1, 0.15) is 23.2 Å². The number of rotatable bonds is 6. The number of aliphatic hydroxyl groups excluding tert-OH is 1. The quantitative estimate of drug-likeness (QED) is 0.402. The number of alkyl halides is 3. The third kappa shape index (κ3) is 5.62. The number of aromatic hydroxyl groups is 2. The molecule has 0 aliphatic carbocycles. The van der Waals surface area contributed by atoms with Crippen LogP contribution in [0.25, 0.3) is 0 Å². The van der Waals surface area contributed by atoms with Crippen molar-refractivity contribution < 1.29 is 46.4 Å². The van der Waals surface area contributed by atoms with Crippen molar-refractivity contribution in [1.29, 1.82) is 0 Å². The molecule has 1 fully saturated rings. The molecule has 3 rings (SSSR count). The van der Waals surface area contributed by atoms with Gasteiger partial charge in [-0.1, -0.05) is 15.9 Å². The highest BCUT2D eigenvalue weighted by atomic mass is 79.9. The molecule has 33 heavy (non-hydrogen) atoms. The van der Waals surface area contributed by atoms with E-state index in [1.165, 1.54) is 11.0 Å². The molecule has 0 bridgehead atoms. The highest BCUT2D eigenvalue weighted by Crippen LogP contribution is 2.38. The number of hydrogen-bond acceptors (Lipinski definition) is 7. The van der Waals surface area contributed by atoms with Crippen LogP contribution in [0.15, 0.2) is 39.7 Å². The standard InChI is InChI=1S/C19H18BrF3N2O7S/c20-10-3-4-15(27)16(6-10)33(30,31)24-14-8-12(32-19(21,22)23)7-13(17(14)28)18(29)25-5-1-2-11(25)9-26/h3-4,6-8,11,24,26-28H,1-2,5,9H2/t11-/m1/s1. The van der Waals surface area contributed by atoms with E-state index in [1.807, 2.05) is 4.72 Å². The number of anilines is 1. The van der Waals surface area contributed by atoms with Crippen LogP contribution in [0.4, 0.5) is 18.9 Å². The highest BCUT2D eigenvalue weighted by Gasteiger charge is 2.35. The van der Waals surface area contributed by atoms with E-state index in [4.69, 9.17) is 0 Å². The Morgan fingerprint density at radius 3 is 2.58 bits per heavy atom. The molecule has 1 amide bonds. The zero-order valence-electron chi connectivity index (χ0n) is 16.6. The van der Waals surface area contributed by atoms with E-state index in [2.05, 4.69) is 20.7 Å². The summed E-state index contributed by atoms with van der Waals surface area (Å²) in [5.74, 6) is -3.48. The van der Waals surface area contributed by atoms with Gasteiger partial charge in [-0.3, -0.25) is 9.52 Å². The first kappa shape index (κ1) is 24.9. The molecule has 14 heteroatoms. The van der Waals surface area contributed by atoms with E-state index in [0.29, 0.717) is 25.0 Å². The van der Waals surface area contributed by atoms with Gasteiger partial charge in [-0.05, 0) is 37.1 Å². The number of hydrogen-bond donors (Lipinski definition) is 4. The van der Waals surface area contributed by atoms with E-state index in [1.54, 1.807) is 0 Å². The minimum atomic E-state index is -5.17. The Kier molecular flexibility index (Phi) is 7.00. The summed E-state index contributed by atoms with van der Waals surface area (Å²) in [6.45, 7) is -0.215. The maximum atomic E-state index is 12.9. The van der Waals surface area contributed by atoms with Gasteiger partial charge >= 0.3 is 6.36 Å². The van der Waals surface area contributed by atoms with Gasteiger partial charge in [0, 0.05) is 17.1 Å². The molecular weight excluding hydrogens is 537 g/mol. The second kappa shape index (κ2) is 9.27. The van der Waals surface area contributed by atoms with Crippen LogP contribution in [-0.4, -0.2) is 60.1 Å². The maximum Gasteiger partial charge on any atom is 0.573 e. The third-order valence-electron chi connectivity index (χ3n) is 4.85. The summed E-state index contributed by atoms with van der Waals surface area (Å²) >= 11 is 3.05. The lowest BCUT2D eigenvalue weighted by molar-refractivity contribution is -0.274. The van der Waals surface area contributed by atoms with Crippen molar-refractivity contribution in [2.75, 3.05) is 17.9 Å². The van der Waals surface area contributed by atoms with Gasteiger partial charge in [-0.15, -0.1) is 13.2 Å². The van der Waals surface area contributed by atoms with Crippen LogP contribution in [0.3, 0.4) is 0 Å². The van der Waals surface area contributed by atoms with Crippen LogP contribution >= 0.6 is 15.9 Å². The number of carbonyl (C=O) groups is 1. The first-order valence-corrected chi connectivity index (χ1v) is 11.7. The van der Waals surface area contributed by atoms with Crippen molar-refractivity contribution >= 4 is 37.5 Å². The third-order valence-corrected chi connectivity index (χ3v) is 6.74. The van der Waals surface area contributed by atoms with Crippen molar-refractivity contribution in [1.82, 2.24) is 4.90 Å². The number of phenols is 2. The van der Waals surface area contributed by atoms with E-state index >= 15 is 0 Å². The van der Waals surface area contributed by atoms with Gasteiger partial charge in [-0.25, -0.2) is 8.42 Å². The summed E-state index contributed by atoms with van der Waals surface area (Å²) in [7, 11) is -4.62. The predicted molar refractivity (Wildman–Crippen MR) is 113 cm³/mol. The number of halogens is 4. The molecule has 0 radical (unpaired) electrons. The topological polar surface area (TPSA) is 136 Å². The minimum absolute atomic E-state index is 0.181. The molecule has 1 atom stereocenters. The fourth-order valence-electron chi connectivity index (χ4n) is 3.39.